The van der Waals surface area contributed by atoms with Gasteiger partial charge < -0.3 is 9.73 Å². The lowest BCUT2D eigenvalue weighted by Gasteiger charge is -2.12. The number of nitrogens with zero attached hydrogens (tertiary/aromatic N) is 2. The van der Waals surface area contributed by atoms with Gasteiger partial charge in [0, 0.05) is 16.1 Å². The Morgan fingerprint density at radius 2 is 1.79 bits per heavy atom. The molecule has 0 aliphatic rings. The molecule has 0 spiro atoms. The van der Waals surface area contributed by atoms with Gasteiger partial charge in [0.25, 0.3) is 0 Å². The lowest BCUT2D eigenvalue weighted by atomic mass is 10.2. The standard InChI is InChI=1S/C25H18ClN3O3S/c1-15-6-12-18(13-7-15)29-24(31)23-22(19-4-2-3-5-20(19)32-23)28-25(29)33-14-21(30)27-17-10-8-16(26)9-11-17/h2-13H,14H2,1H3,(H,27,30). The summed E-state index contributed by atoms with van der Waals surface area (Å²) in [5, 5.41) is 4.59. The van der Waals surface area contributed by atoms with Gasteiger partial charge in [-0.25, -0.2) is 4.98 Å². The Kier molecular flexibility index (Phi) is 5.66. The first-order valence-electron chi connectivity index (χ1n) is 10.2. The van der Waals surface area contributed by atoms with Crippen LogP contribution < -0.4 is 10.9 Å². The molecule has 33 heavy (non-hydrogen) atoms. The smallest absolute Gasteiger partial charge is 0.302 e. The van der Waals surface area contributed by atoms with E-state index in [4.69, 9.17) is 21.0 Å². The molecule has 1 amide bonds. The average Bonchev–Trinajstić information content (AvgIpc) is 3.19. The number of rotatable bonds is 5. The maximum absolute atomic E-state index is 13.5. The van der Waals surface area contributed by atoms with Crippen molar-refractivity contribution in [1.82, 2.24) is 9.55 Å². The monoisotopic (exact) mass is 475 g/mol. The highest BCUT2D eigenvalue weighted by Crippen LogP contribution is 2.28. The van der Waals surface area contributed by atoms with E-state index in [1.165, 1.54) is 16.3 Å². The molecule has 5 aromatic rings. The van der Waals surface area contributed by atoms with Crippen molar-refractivity contribution in [1.29, 1.82) is 0 Å². The van der Waals surface area contributed by atoms with E-state index in [0.29, 0.717) is 32.7 Å². The summed E-state index contributed by atoms with van der Waals surface area (Å²) in [6.45, 7) is 1.98. The first kappa shape index (κ1) is 21.3. The number of hydrogen-bond acceptors (Lipinski definition) is 5. The van der Waals surface area contributed by atoms with E-state index in [1.807, 2.05) is 49.4 Å². The fourth-order valence-electron chi connectivity index (χ4n) is 3.50. The van der Waals surface area contributed by atoms with E-state index in [9.17, 15) is 9.59 Å². The van der Waals surface area contributed by atoms with Crippen LogP contribution in [0.3, 0.4) is 0 Å². The summed E-state index contributed by atoms with van der Waals surface area (Å²) in [4.78, 5) is 30.8. The molecule has 164 valence electrons. The van der Waals surface area contributed by atoms with Crippen LogP contribution in [0.25, 0.3) is 27.8 Å². The largest absolute Gasteiger partial charge is 0.448 e. The molecule has 2 aromatic heterocycles. The van der Waals surface area contributed by atoms with E-state index in [1.54, 1.807) is 30.3 Å². The Hall–Kier alpha value is -3.55. The summed E-state index contributed by atoms with van der Waals surface area (Å²) in [7, 11) is 0. The highest BCUT2D eigenvalue weighted by atomic mass is 35.5. The molecule has 0 aliphatic carbocycles. The van der Waals surface area contributed by atoms with Crippen LogP contribution in [0.4, 0.5) is 5.69 Å². The number of anilines is 1. The summed E-state index contributed by atoms with van der Waals surface area (Å²) >= 11 is 7.09. The molecule has 0 saturated heterocycles. The Morgan fingerprint density at radius 1 is 1.06 bits per heavy atom. The Balaban J connectivity index is 1.55. The second kappa shape index (κ2) is 8.77. The number of para-hydroxylation sites is 1. The normalized spacial score (nSPS) is 11.2. The zero-order valence-corrected chi connectivity index (χ0v) is 19.1. The molecular weight excluding hydrogens is 458 g/mol. The van der Waals surface area contributed by atoms with Gasteiger partial charge in [0.1, 0.15) is 11.1 Å². The predicted octanol–water partition coefficient (Wildman–Crippen LogP) is 5.82. The molecule has 0 radical (unpaired) electrons. The van der Waals surface area contributed by atoms with Gasteiger partial charge in [0.2, 0.25) is 11.5 Å². The Labute approximate surface area is 198 Å². The number of benzene rings is 3. The number of amides is 1. The van der Waals surface area contributed by atoms with Crippen LogP contribution in [-0.4, -0.2) is 21.2 Å². The van der Waals surface area contributed by atoms with Crippen molar-refractivity contribution in [2.24, 2.45) is 0 Å². The van der Waals surface area contributed by atoms with Gasteiger partial charge in [-0.05, 0) is 55.5 Å². The van der Waals surface area contributed by atoms with E-state index in [2.05, 4.69) is 5.32 Å². The third kappa shape index (κ3) is 4.25. The number of thioether (sulfide) groups is 1. The quantitative estimate of drug-likeness (QED) is 0.256. The third-order valence-corrected chi connectivity index (χ3v) is 6.31. The van der Waals surface area contributed by atoms with Gasteiger partial charge in [-0.1, -0.05) is 53.2 Å². The first-order valence-corrected chi connectivity index (χ1v) is 11.6. The van der Waals surface area contributed by atoms with Crippen molar-refractivity contribution in [3.05, 3.63) is 93.7 Å². The molecule has 0 bridgehead atoms. The molecule has 0 aliphatic heterocycles. The SMILES string of the molecule is Cc1ccc(-n2c(SCC(=O)Nc3ccc(Cl)cc3)nc3c(oc4ccccc43)c2=O)cc1. The minimum absolute atomic E-state index is 0.0716. The molecule has 5 rings (SSSR count). The molecule has 6 nitrogen and oxygen atoms in total. The molecule has 0 saturated carbocycles. The zero-order chi connectivity index (χ0) is 22.9. The van der Waals surface area contributed by atoms with Crippen LogP contribution in [0.2, 0.25) is 5.02 Å². The van der Waals surface area contributed by atoms with Gasteiger partial charge in [-0.3, -0.25) is 14.2 Å². The maximum atomic E-state index is 13.5. The summed E-state index contributed by atoms with van der Waals surface area (Å²) in [5.74, 6) is -0.147. The van der Waals surface area contributed by atoms with Crippen LogP contribution in [0.5, 0.6) is 0 Å². The van der Waals surface area contributed by atoms with Gasteiger partial charge in [-0.15, -0.1) is 0 Å². The maximum Gasteiger partial charge on any atom is 0.302 e. The molecular formula is C25H18ClN3O3S. The van der Waals surface area contributed by atoms with Gasteiger partial charge in [0.05, 0.1) is 11.4 Å². The molecule has 0 unspecified atom stereocenters. The van der Waals surface area contributed by atoms with Crippen molar-refractivity contribution in [3.8, 4) is 5.69 Å². The van der Waals surface area contributed by atoms with Crippen molar-refractivity contribution >= 4 is 57.0 Å². The van der Waals surface area contributed by atoms with Gasteiger partial charge in [-0.2, -0.15) is 0 Å². The number of carbonyl (C=O) groups is 1. The van der Waals surface area contributed by atoms with Crippen molar-refractivity contribution in [3.63, 3.8) is 0 Å². The topological polar surface area (TPSA) is 77.1 Å². The van der Waals surface area contributed by atoms with Crippen molar-refractivity contribution in [2.45, 2.75) is 12.1 Å². The molecule has 0 atom stereocenters. The van der Waals surface area contributed by atoms with E-state index < -0.39 is 0 Å². The number of fused-ring (bicyclic) bond motifs is 3. The van der Waals surface area contributed by atoms with Gasteiger partial charge in [0.15, 0.2) is 5.16 Å². The third-order valence-electron chi connectivity index (χ3n) is 5.12. The lowest BCUT2D eigenvalue weighted by molar-refractivity contribution is -0.113. The number of carbonyl (C=O) groups excluding carboxylic acids is 1. The minimum Gasteiger partial charge on any atom is -0.448 e. The van der Waals surface area contributed by atoms with E-state index in [0.717, 1.165) is 10.9 Å². The van der Waals surface area contributed by atoms with Crippen LogP contribution in [0.15, 0.2) is 87.2 Å². The number of aromatic nitrogens is 2. The summed E-state index contributed by atoms with van der Waals surface area (Å²) in [5.41, 5.74) is 3.31. The molecule has 3 aromatic carbocycles. The van der Waals surface area contributed by atoms with E-state index in [-0.39, 0.29) is 22.8 Å². The minimum atomic E-state index is -0.319. The van der Waals surface area contributed by atoms with Crippen molar-refractivity contribution in [2.75, 3.05) is 11.1 Å². The average molecular weight is 476 g/mol. The highest BCUT2D eigenvalue weighted by Gasteiger charge is 2.19. The first-order chi connectivity index (χ1) is 16.0. The van der Waals surface area contributed by atoms with Gasteiger partial charge >= 0.3 is 5.56 Å². The van der Waals surface area contributed by atoms with Crippen LogP contribution in [-0.2, 0) is 4.79 Å². The Morgan fingerprint density at radius 3 is 2.55 bits per heavy atom. The number of hydrogen-bond donors (Lipinski definition) is 1. The number of halogens is 1. The number of furan rings is 1. The van der Waals surface area contributed by atoms with E-state index >= 15 is 0 Å². The summed E-state index contributed by atoms with van der Waals surface area (Å²) < 4.78 is 7.33. The fraction of sp³-hybridized carbons (Fsp3) is 0.0800. The summed E-state index contributed by atoms with van der Waals surface area (Å²) in [6, 6.07) is 21.8. The molecule has 0 fully saturated rings. The molecule has 1 N–H and O–H groups in total. The molecule has 8 heteroatoms. The predicted molar refractivity (Wildman–Crippen MR) is 133 cm³/mol. The lowest BCUT2D eigenvalue weighted by Crippen LogP contribution is -2.22. The van der Waals surface area contributed by atoms with Crippen molar-refractivity contribution < 1.29 is 9.21 Å². The fourth-order valence-corrected chi connectivity index (χ4v) is 4.43. The molecule has 2 heterocycles. The van der Waals surface area contributed by atoms with Crippen LogP contribution in [0.1, 0.15) is 5.56 Å². The second-order valence-corrected chi connectivity index (χ2v) is 8.87. The number of nitrogens with one attached hydrogen (secondary N) is 1. The zero-order valence-electron chi connectivity index (χ0n) is 17.5. The van der Waals surface area contributed by atoms with Crippen LogP contribution >= 0.6 is 23.4 Å². The van der Waals surface area contributed by atoms with Crippen LogP contribution in [0, 0.1) is 6.92 Å². The number of aryl methyl sites for hydroxylation is 1. The second-order valence-electron chi connectivity index (χ2n) is 7.49. The highest BCUT2D eigenvalue weighted by molar-refractivity contribution is 7.99. The Bertz CT molecular complexity index is 1540. The summed E-state index contributed by atoms with van der Waals surface area (Å²) in [6.07, 6.45) is 0.